The average Bonchev–Trinajstić information content (AvgIpc) is 3.11. The van der Waals surface area contributed by atoms with Gasteiger partial charge >= 0.3 is 0 Å². The molecule has 1 N–H and O–H groups in total. The number of hydrogen-bond donors (Lipinski definition) is 1. The fraction of sp³-hybridized carbons (Fsp3) is 0.174. The third kappa shape index (κ3) is 3.49. The van der Waals surface area contributed by atoms with Crippen molar-refractivity contribution in [2.45, 2.75) is 12.6 Å². The van der Waals surface area contributed by atoms with Gasteiger partial charge in [0.1, 0.15) is 11.6 Å². The van der Waals surface area contributed by atoms with Crippen molar-refractivity contribution in [2.75, 3.05) is 7.05 Å². The predicted octanol–water partition coefficient (Wildman–Crippen LogP) is 5.15. The van der Waals surface area contributed by atoms with Crippen LogP contribution in [0.2, 0.25) is 5.02 Å². The van der Waals surface area contributed by atoms with Gasteiger partial charge in [0.15, 0.2) is 0 Å². The summed E-state index contributed by atoms with van der Waals surface area (Å²) < 4.78 is 2.03. The lowest BCUT2D eigenvalue weighted by molar-refractivity contribution is 0.255. The minimum atomic E-state index is -0.0735. The molecule has 0 spiro atoms. The van der Waals surface area contributed by atoms with Crippen molar-refractivity contribution in [3.63, 3.8) is 0 Å². The number of benzene rings is 3. The van der Waals surface area contributed by atoms with Crippen LogP contribution in [0.1, 0.15) is 23.0 Å². The first kappa shape index (κ1) is 18.5. The summed E-state index contributed by atoms with van der Waals surface area (Å²) in [6.07, 6.45) is 3.75. The Labute approximate surface area is 169 Å². The number of aryl methyl sites for hydroxylation is 1. The van der Waals surface area contributed by atoms with Crippen LogP contribution in [0.4, 0.5) is 0 Å². The van der Waals surface area contributed by atoms with E-state index in [0.29, 0.717) is 17.3 Å². The molecule has 0 aliphatic carbocycles. The molecule has 0 amide bonds. The molecule has 0 bridgehead atoms. The van der Waals surface area contributed by atoms with Crippen LogP contribution in [-0.2, 0) is 13.6 Å². The highest BCUT2D eigenvalue weighted by atomic mass is 35.5. The fourth-order valence-corrected chi connectivity index (χ4v) is 3.84. The molecule has 0 radical (unpaired) electrons. The smallest absolute Gasteiger partial charge is 0.130 e. The molecule has 0 saturated carbocycles. The van der Waals surface area contributed by atoms with Gasteiger partial charge in [-0.3, -0.25) is 4.90 Å². The Kier molecular flexibility index (Phi) is 5.07. The molecule has 1 heterocycles. The summed E-state index contributed by atoms with van der Waals surface area (Å²) in [5, 5.41) is 13.4. The molecule has 0 aliphatic rings. The van der Waals surface area contributed by atoms with Crippen molar-refractivity contribution in [3.8, 4) is 5.75 Å². The number of aromatic nitrogens is 2. The summed E-state index contributed by atoms with van der Waals surface area (Å²) in [4.78, 5) is 6.79. The second-order valence-corrected chi connectivity index (χ2v) is 7.49. The molecule has 0 fully saturated rings. The third-order valence-corrected chi connectivity index (χ3v) is 5.40. The minimum absolute atomic E-state index is 0.0735. The van der Waals surface area contributed by atoms with E-state index in [1.54, 1.807) is 6.07 Å². The number of phenols is 1. The van der Waals surface area contributed by atoms with E-state index >= 15 is 0 Å². The fourth-order valence-electron chi connectivity index (χ4n) is 3.72. The Balaban J connectivity index is 1.77. The SMILES string of the molecule is CN(Cc1c(O)ccc2ccccc12)[C@@H](c1ccc(Cl)cc1)c1nccn1C. The average molecular weight is 392 g/mol. The standard InChI is InChI=1S/C23H22ClN3O/c1-26-14-13-25-23(26)22(17-7-10-18(24)11-8-17)27(2)15-20-19-6-4-3-5-16(19)9-12-21(20)28/h3-14,22,28H,15H2,1-2H3/t22-/m0/s1. The molecule has 0 saturated heterocycles. The number of rotatable bonds is 5. The second kappa shape index (κ2) is 7.66. The monoisotopic (exact) mass is 391 g/mol. The van der Waals surface area contributed by atoms with E-state index in [9.17, 15) is 5.11 Å². The summed E-state index contributed by atoms with van der Waals surface area (Å²) >= 11 is 6.10. The van der Waals surface area contributed by atoms with E-state index in [1.807, 2.05) is 66.5 Å². The molecule has 142 valence electrons. The van der Waals surface area contributed by atoms with Gasteiger partial charge in [0.2, 0.25) is 0 Å². The van der Waals surface area contributed by atoms with Gasteiger partial charge in [0, 0.05) is 36.6 Å². The Morgan fingerprint density at radius 2 is 1.82 bits per heavy atom. The number of fused-ring (bicyclic) bond motifs is 1. The largest absolute Gasteiger partial charge is 0.508 e. The summed E-state index contributed by atoms with van der Waals surface area (Å²) in [7, 11) is 4.05. The maximum absolute atomic E-state index is 10.6. The van der Waals surface area contributed by atoms with Gasteiger partial charge in [-0.15, -0.1) is 0 Å². The van der Waals surface area contributed by atoms with Gasteiger partial charge in [-0.1, -0.05) is 54.1 Å². The van der Waals surface area contributed by atoms with Crippen molar-refractivity contribution in [1.29, 1.82) is 0 Å². The molecular formula is C23H22ClN3O. The van der Waals surface area contributed by atoms with Crippen LogP contribution in [0.5, 0.6) is 5.75 Å². The normalized spacial score (nSPS) is 12.6. The molecule has 28 heavy (non-hydrogen) atoms. The zero-order chi connectivity index (χ0) is 19.7. The van der Waals surface area contributed by atoms with Crippen LogP contribution < -0.4 is 0 Å². The number of imidazole rings is 1. The minimum Gasteiger partial charge on any atom is -0.508 e. The van der Waals surface area contributed by atoms with E-state index in [4.69, 9.17) is 11.6 Å². The highest BCUT2D eigenvalue weighted by Crippen LogP contribution is 2.33. The molecule has 1 aromatic heterocycles. The number of phenolic OH excluding ortho intramolecular Hbond substituents is 1. The Morgan fingerprint density at radius 1 is 1.07 bits per heavy atom. The van der Waals surface area contributed by atoms with Crippen molar-refractivity contribution in [3.05, 3.63) is 95.0 Å². The first-order chi connectivity index (χ1) is 13.5. The van der Waals surface area contributed by atoms with E-state index in [-0.39, 0.29) is 6.04 Å². The van der Waals surface area contributed by atoms with Crippen LogP contribution in [-0.4, -0.2) is 26.6 Å². The van der Waals surface area contributed by atoms with Crippen molar-refractivity contribution in [2.24, 2.45) is 7.05 Å². The highest BCUT2D eigenvalue weighted by molar-refractivity contribution is 6.30. The topological polar surface area (TPSA) is 41.3 Å². The zero-order valence-corrected chi connectivity index (χ0v) is 16.6. The van der Waals surface area contributed by atoms with Gasteiger partial charge < -0.3 is 9.67 Å². The van der Waals surface area contributed by atoms with Crippen molar-refractivity contribution in [1.82, 2.24) is 14.5 Å². The first-order valence-corrected chi connectivity index (χ1v) is 9.55. The van der Waals surface area contributed by atoms with Gasteiger partial charge in [-0.05, 0) is 41.6 Å². The molecule has 5 heteroatoms. The molecular weight excluding hydrogens is 370 g/mol. The van der Waals surface area contributed by atoms with Gasteiger partial charge in [-0.2, -0.15) is 0 Å². The molecule has 0 unspecified atom stereocenters. The van der Waals surface area contributed by atoms with E-state index < -0.39 is 0 Å². The highest BCUT2D eigenvalue weighted by Gasteiger charge is 2.24. The van der Waals surface area contributed by atoms with E-state index in [2.05, 4.69) is 29.1 Å². The molecule has 0 aliphatic heterocycles. The lowest BCUT2D eigenvalue weighted by Gasteiger charge is -2.29. The molecule has 3 aromatic carbocycles. The van der Waals surface area contributed by atoms with Gasteiger partial charge in [0.25, 0.3) is 0 Å². The molecule has 4 rings (SSSR count). The van der Waals surface area contributed by atoms with Crippen molar-refractivity contribution >= 4 is 22.4 Å². The summed E-state index contributed by atoms with van der Waals surface area (Å²) in [6, 6.07) is 19.6. The third-order valence-electron chi connectivity index (χ3n) is 5.15. The van der Waals surface area contributed by atoms with Gasteiger partial charge in [-0.25, -0.2) is 4.98 Å². The first-order valence-electron chi connectivity index (χ1n) is 9.17. The van der Waals surface area contributed by atoms with Crippen LogP contribution in [0, 0.1) is 0 Å². The van der Waals surface area contributed by atoms with E-state index in [1.165, 1.54) is 0 Å². The van der Waals surface area contributed by atoms with Gasteiger partial charge in [0.05, 0.1) is 6.04 Å². The van der Waals surface area contributed by atoms with Crippen molar-refractivity contribution < 1.29 is 5.11 Å². The lowest BCUT2D eigenvalue weighted by atomic mass is 10.0. The summed E-state index contributed by atoms with van der Waals surface area (Å²) in [5.74, 6) is 1.24. The zero-order valence-electron chi connectivity index (χ0n) is 15.9. The summed E-state index contributed by atoms with van der Waals surface area (Å²) in [5.41, 5.74) is 2.01. The second-order valence-electron chi connectivity index (χ2n) is 7.05. The molecule has 1 atom stereocenters. The number of aromatic hydroxyl groups is 1. The Bertz CT molecular complexity index is 1100. The van der Waals surface area contributed by atoms with Crippen LogP contribution in [0.25, 0.3) is 10.8 Å². The number of hydrogen-bond acceptors (Lipinski definition) is 3. The number of nitrogens with zero attached hydrogens (tertiary/aromatic N) is 3. The Hall–Kier alpha value is -2.82. The summed E-state index contributed by atoms with van der Waals surface area (Å²) in [6.45, 7) is 0.577. The predicted molar refractivity (Wildman–Crippen MR) is 114 cm³/mol. The van der Waals surface area contributed by atoms with Crippen LogP contribution >= 0.6 is 11.6 Å². The van der Waals surface area contributed by atoms with Crippen LogP contribution in [0.3, 0.4) is 0 Å². The maximum Gasteiger partial charge on any atom is 0.130 e. The van der Waals surface area contributed by atoms with Crippen LogP contribution in [0.15, 0.2) is 73.1 Å². The number of halogens is 1. The molecule has 4 nitrogen and oxygen atoms in total. The lowest BCUT2D eigenvalue weighted by Crippen LogP contribution is -2.27. The quantitative estimate of drug-likeness (QED) is 0.511. The molecule has 4 aromatic rings. The van der Waals surface area contributed by atoms with E-state index in [0.717, 1.165) is 27.7 Å². The maximum atomic E-state index is 10.6. The Morgan fingerprint density at radius 3 is 2.54 bits per heavy atom.